The van der Waals surface area contributed by atoms with Gasteiger partial charge in [-0.3, -0.25) is 15.0 Å². The van der Waals surface area contributed by atoms with Gasteiger partial charge in [0.2, 0.25) is 5.91 Å². The summed E-state index contributed by atoms with van der Waals surface area (Å²) < 4.78 is 0. The van der Waals surface area contributed by atoms with Crippen molar-refractivity contribution >= 4 is 23.7 Å². The van der Waals surface area contributed by atoms with Gasteiger partial charge in [-0.15, -0.1) is 0 Å². The molecule has 0 radical (unpaired) electrons. The first-order valence-corrected chi connectivity index (χ1v) is 9.48. The molecule has 0 bridgehead atoms. The van der Waals surface area contributed by atoms with Gasteiger partial charge in [-0.1, -0.05) is 26.7 Å². The minimum Gasteiger partial charge on any atom is -0.335 e. The van der Waals surface area contributed by atoms with Crippen LogP contribution < -0.4 is 10.6 Å². The molecule has 1 saturated carbocycles. The first-order valence-electron chi connectivity index (χ1n) is 8.43. The third kappa shape index (κ3) is 4.88. The Balaban J connectivity index is 1.75. The van der Waals surface area contributed by atoms with Crippen LogP contribution in [0, 0.1) is 5.92 Å². The molecule has 0 spiro atoms. The summed E-state index contributed by atoms with van der Waals surface area (Å²) in [6.45, 7) is 7.72. The van der Waals surface area contributed by atoms with Crippen molar-refractivity contribution in [3.8, 4) is 0 Å². The smallest absolute Gasteiger partial charge is 0.321 e. The number of hydrogen-bond acceptors (Lipinski definition) is 4. The molecule has 6 heteroatoms. The second-order valence-corrected chi connectivity index (χ2v) is 8.16. The standard InChI is InChI=1S/C16H29N3O2S/c1-11-6-4-5-7-14(11)17-16(21)18-15(20)10-19-8-9-22-13(3)12(19)2/h11-14H,4-10H2,1-3H3,(H2,17,18,20,21)/t11-,12+,13-,14+/m1/s1. The van der Waals surface area contributed by atoms with Crippen LogP contribution in [0.15, 0.2) is 0 Å². The van der Waals surface area contributed by atoms with Gasteiger partial charge >= 0.3 is 6.03 Å². The van der Waals surface area contributed by atoms with Crippen molar-refractivity contribution in [2.45, 2.75) is 63.8 Å². The van der Waals surface area contributed by atoms with Crippen molar-refractivity contribution < 1.29 is 9.59 Å². The molecule has 1 heterocycles. The Hall–Kier alpha value is -0.750. The van der Waals surface area contributed by atoms with Crippen LogP contribution in [0.1, 0.15) is 46.5 Å². The molecule has 22 heavy (non-hydrogen) atoms. The molecule has 1 aliphatic carbocycles. The summed E-state index contributed by atoms with van der Waals surface area (Å²) in [5.74, 6) is 1.34. The molecule has 0 aromatic heterocycles. The Morgan fingerprint density at radius 3 is 2.64 bits per heavy atom. The lowest BCUT2D eigenvalue weighted by molar-refractivity contribution is -0.121. The zero-order valence-corrected chi connectivity index (χ0v) is 14.7. The zero-order chi connectivity index (χ0) is 16.1. The lowest BCUT2D eigenvalue weighted by Crippen LogP contribution is -2.52. The van der Waals surface area contributed by atoms with Crippen molar-refractivity contribution in [3.63, 3.8) is 0 Å². The molecule has 1 aliphatic heterocycles. The topological polar surface area (TPSA) is 61.4 Å². The van der Waals surface area contributed by atoms with Crippen LogP contribution >= 0.6 is 11.8 Å². The van der Waals surface area contributed by atoms with Gasteiger partial charge in [0.25, 0.3) is 0 Å². The van der Waals surface area contributed by atoms with Gasteiger partial charge in [0.05, 0.1) is 6.54 Å². The van der Waals surface area contributed by atoms with E-state index >= 15 is 0 Å². The molecule has 0 aromatic carbocycles. The van der Waals surface area contributed by atoms with E-state index in [-0.39, 0.29) is 18.0 Å². The number of imide groups is 1. The van der Waals surface area contributed by atoms with Crippen molar-refractivity contribution in [3.05, 3.63) is 0 Å². The van der Waals surface area contributed by atoms with Crippen molar-refractivity contribution in [1.29, 1.82) is 0 Å². The summed E-state index contributed by atoms with van der Waals surface area (Å²) in [4.78, 5) is 26.2. The average molecular weight is 327 g/mol. The average Bonchev–Trinajstić information content (AvgIpc) is 2.46. The molecule has 2 aliphatic rings. The molecule has 2 N–H and O–H groups in total. The number of nitrogens with zero attached hydrogens (tertiary/aromatic N) is 1. The van der Waals surface area contributed by atoms with Crippen LogP contribution in [-0.4, -0.2) is 53.0 Å². The molecule has 0 unspecified atom stereocenters. The van der Waals surface area contributed by atoms with Crippen LogP contribution in [0.25, 0.3) is 0 Å². The molecule has 2 rings (SSSR count). The lowest BCUT2D eigenvalue weighted by Gasteiger charge is -2.36. The third-order valence-electron chi connectivity index (χ3n) is 5.04. The van der Waals surface area contributed by atoms with Gasteiger partial charge in [0, 0.05) is 29.6 Å². The normalized spacial score (nSPS) is 33.2. The van der Waals surface area contributed by atoms with Crippen molar-refractivity contribution in [1.82, 2.24) is 15.5 Å². The fourth-order valence-corrected chi connectivity index (χ4v) is 4.47. The van der Waals surface area contributed by atoms with E-state index in [2.05, 4.69) is 36.3 Å². The SMILES string of the molecule is C[C@@H]1CCCC[C@@H]1NC(=O)NC(=O)CN1CCS[C@H](C)[C@@H]1C. The number of hydrogen-bond donors (Lipinski definition) is 2. The van der Waals surface area contributed by atoms with E-state index in [1.54, 1.807) is 0 Å². The maximum atomic E-state index is 12.1. The zero-order valence-electron chi connectivity index (χ0n) is 13.9. The molecule has 0 aromatic rings. The molecule has 126 valence electrons. The summed E-state index contributed by atoms with van der Waals surface area (Å²) >= 11 is 1.94. The van der Waals surface area contributed by atoms with Gasteiger partial charge in [0.15, 0.2) is 0 Å². The van der Waals surface area contributed by atoms with Crippen molar-refractivity contribution in [2.75, 3.05) is 18.8 Å². The second kappa shape index (κ2) is 8.20. The number of carbonyl (C=O) groups excluding carboxylic acids is 2. The number of nitrogens with one attached hydrogen (secondary N) is 2. The molecule has 1 saturated heterocycles. The Morgan fingerprint density at radius 2 is 1.91 bits per heavy atom. The largest absolute Gasteiger partial charge is 0.335 e. The van der Waals surface area contributed by atoms with Crippen LogP contribution in [0.2, 0.25) is 0 Å². The number of rotatable bonds is 3. The monoisotopic (exact) mass is 327 g/mol. The predicted octanol–water partition coefficient (Wildman–Crippen LogP) is 2.22. The highest BCUT2D eigenvalue weighted by atomic mass is 32.2. The highest BCUT2D eigenvalue weighted by molar-refractivity contribution is 8.00. The summed E-state index contributed by atoms with van der Waals surface area (Å²) in [5.41, 5.74) is 0. The highest BCUT2D eigenvalue weighted by Gasteiger charge is 2.28. The number of urea groups is 1. The lowest BCUT2D eigenvalue weighted by atomic mass is 9.86. The van der Waals surface area contributed by atoms with Crippen LogP contribution in [-0.2, 0) is 4.79 Å². The Kier molecular flexibility index (Phi) is 6.56. The molecule has 5 nitrogen and oxygen atoms in total. The van der Waals surface area contributed by atoms with Gasteiger partial charge in [-0.05, 0) is 25.7 Å². The van der Waals surface area contributed by atoms with E-state index in [1.807, 2.05) is 11.8 Å². The highest BCUT2D eigenvalue weighted by Crippen LogP contribution is 2.24. The number of carbonyl (C=O) groups is 2. The minimum absolute atomic E-state index is 0.201. The van der Waals surface area contributed by atoms with Gasteiger partial charge < -0.3 is 5.32 Å². The van der Waals surface area contributed by atoms with Crippen LogP contribution in [0.5, 0.6) is 0 Å². The minimum atomic E-state index is -0.337. The first-order chi connectivity index (χ1) is 10.5. The second-order valence-electron chi connectivity index (χ2n) is 6.68. The van der Waals surface area contributed by atoms with Gasteiger partial charge in [-0.2, -0.15) is 11.8 Å². The summed E-state index contributed by atoms with van der Waals surface area (Å²) in [6.07, 6.45) is 4.56. The summed E-state index contributed by atoms with van der Waals surface area (Å²) in [6, 6.07) is 0.230. The fraction of sp³-hybridized carbons (Fsp3) is 0.875. The van der Waals surface area contributed by atoms with Gasteiger partial charge in [0.1, 0.15) is 0 Å². The summed E-state index contributed by atoms with van der Waals surface area (Å²) in [7, 11) is 0. The van der Waals surface area contributed by atoms with Crippen molar-refractivity contribution in [2.24, 2.45) is 5.92 Å². The third-order valence-corrected chi connectivity index (χ3v) is 6.38. The van der Waals surface area contributed by atoms with E-state index in [0.717, 1.165) is 31.6 Å². The molecular formula is C16H29N3O2S. The molecule has 4 atom stereocenters. The fourth-order valence-electron chi connectivity index (χ4n) is 3.30. The molecular weight excluding hydrogens is 298 g/mol. The van der Waals surface area contributed by atoms with Crippen LogP contribution in [0.4, 0.5) is 4.79 Å². The molecule has 2 fully saturated rings. The molecule has 3 amide bonds. The van der Waals surface area contributed by atoms with E-state index in [9.17, 15) is 9.59 Å². The maximum absolute atomic E-state index is 12.1. The Bertz CT molecular complexity index is 405. The Labute approximate surface area is 138 Å². The Morgan fingerprint density at radius 1 is 1.18 bits per heavy atom. The van der Waals surface area contributed by atoms with E-state index in [4.69, 9.17) is 0 Å². The number of amides is 3. The maximum Gasteiger partial charge on any atom is 0.321 e. The first kappa shape index (κ1) is 17.6. The number of thioether (sulfide) groups is 1. The summed E-state index contributed by atoms with van der Waals surface area (Å²) in [5, 5.41) is 5.98. The predicted molar refractivity (Wildman–Crippen MR) is 91.0 cm³/mol. The quantitative estimate of drug-likeness (QED) is 0.834. The van der Waals surface area contributed by atoms with E-state index in [1.165, 1.54) is 6.42 Å². The van der Waals surface area contributed by atoms with E-state index < -0.39 is 0 Å². The van der Waals surface area contributed by atoms with E-state index in [0.29, 0.717) is 23.8 Å². The van der Waals surface area contributed by atoms with Crippen LogP contribution in [0.3, 0.4) is 0 Å². The van der Waals surface area contributed by atoms with Gasteiger partial charge in [-0.25, -0.2) is 4.79 Å².